The minimum atomic E-state index is 0.647. The van der Waals surface area contributed by atoms with Crippen LogP contribution in [0.25, 0.3) is 0 Å². The van der Waals surface area contributed by atoms with E-state index in [1.54, 1.807) is 89.9 Å². The van der Waals surface area contributed by atoms with Crippen LogP contribution in [0.2, 0.25) is 0 Å². The molecule has 0 aromatic heterocycles. The zero-order chi connectivity index (χ0) is 63.0. The molecule has 3 spiro atoms. The molecule has 20 aliphatic carbocycles. The molecule has 0 aromatic rings. The van der Waals surface area contributed by atoms with Crippen molar-refractivity contribution in [1.29, 1.82) is 0 Å². The van der Waals surface area contributed by atoms with Crippen LogP contribution in [0, 0.1) is 132 Å². The first-order chi connectivity index (χ1) is 41.8. The van der Waals surface area contributed by atoms with Crippen molar-refractivity contribution in [2.45, 2.75) is 425 Å². The number of rotatable bonds is 2. The highest BCUT2D eigenvalue weighted by Gasteiger charge is 2.51. The van der Waals surface area contributed by atoms with Crippen LogP contribution in [-0.2, 0) is 0 Å². The molecule has 512 valence electrons. The van der Waals surface area contributed by atoms with Gasteiger partial charge in [0.1, 0.15) is 0 Å². The lowest BCUT2D eigenvalue weighted by Crippen LogP contribution is -2.45. The van der Waals surface area contributed by atoms with Crippen molar-refractivity contribution in [2.75, 3.05) is 0 Å². The maximum Gasteiger partial charge on any atom is -0.0292 e. The molecule has 0 aliphatic heterocycles. The topological polar surface area (TPSA) is 0 Å². The Kier molecular flexibility index (Phi) is 25.8. The van der Waals surface area contributed by atoms with Crippen molar-refractivity contribution < 1.29 is 0 Å². The average molecular weight is 1220 g/mol. The summed E-state index contributed by atoms with van der Waals surface area (Å²) >= 11 is 0. The lowest BCUT2D eigenvalue weighted by molar-refractivity contribution is -0.0545. The third-order valence-electron chi connectivity index (χ3n) is 33.8. The standard InChI is InChI=1S/C14H26.C12H20.C12H22.2C11H20.2C10H18.C8H16/c1-12-4-6-14(7-5-12)10-8-13(2,3)9-11-14;1-2-12-6-9-3-10(7-12)5-11(4-9)8-12;1-11-5-9-12(10-6-11)7-3-2-4-8-12;1-8-9-4-6-10(7-5-9)11(8,2)3;1-10-4-8-11(9-5-10)6-2-3-7-11;1-8-7-9-3-5-10(8,2)6-4-9;1-7-8(2)10-5-3-9(7)4-6-10;1-3-8(2)6-4-5-7-8/h12H,4-11H2,1-3H3;9-11H,2-8H2,1H3;11H,2-10H2,1H3;8-10H,4-7H2,1-3H3;10H,2-9H2,1H3;8-9H,3-7H2,1-2H3;7-10H,3-6H2,1-2H3;3-7H2,1-2H3/t;;;8-,9?,10?;;8-,9?,10?;7-,8?,9?,10?;/m...1.00./s1. The highest BCUT2D eigenvalue weighted by molar-refractivity contribution is 5.02. The zero-order valence-corrected chi connectivity index (χ0v) is 63.0. The van der Waals surface area contributed by atoms with Crippen molar-refractivity contribution in [3.8, 4) is 0 Å². The molecule has 20 fully saturated rings. The summed E-state index contributed by atoms with van der Waals surface area (Å²) in [6.45, 7) is 36.6. The van der Waals surface area contributed by atoms with E-state index in [9.17, 15) is 0 Å². The van der Waals surface area contributed by atoms with E-state index in [0.717, 1.165) is 121 Å². The van der Waals surface area contributed by atoms with Crippen molar-refractivity contribution in [3.63, 3.8) is 0 Å². The van der Waals surface area contributed by atoms with Crippen molar-refractivity contribution in [3.05, 3.63) is 0 Å². The molecule has 20 saturated carbocycles. The van der Waals surface area contributed by atoms with Gasteiger partial charge in [-0.25, -0.2) is 0 Å². The van der Waals surface area contributed by atoms with E-state index in [1.165, 1.54) is 231 Å². The Morgan fingerprint density at radius 1 is 0.307 bits per heavy atom. The smallest absolute Gasteiger partial charge is 0.0292 e. The minimum absolute atomic E-state index is 0.647. The van der Waals surface area contributed by atoms with Crippen molar-refractivity contribution in [1.82, 2.24) is 0 Å². The Bertz CT molecular complexity index is 1880. The monoisotopic (exact) mass is 1220 g/mol. The molecule has 0 radical (unpaired) electrons. The van der Waals surface area contributed by atoms with Crippen LogP contribution in [-0.4, -0.2) is 0 Å². The van der Waals surface area contributed by atoms with Crippen LogP contribution in [0.1, 0.15) is 425 Å². The van der Waals surface area contributed by atoms with Gasteiger partial charge in [0.25, 0.3) is 0 Å². The predicted octanol–water partition coefficient (Wildman–Crippen LogP) is 29.0. The summed E-state index contributed by atoms with van der Waals surface area (Å²) in [6.07, 6.45) is 76.3. The fourth-order valence-corrected chi connectivity index (χ4v) is 25.1. The van der Waals surface area contributed by atoms with E-state index in [4.69, 9.17) is 0 Å². The molecule has 4 atom stereocenters. The summed E-state index contributed by atoms with van der Waals surface area (Å²) in [6, 6.07) is 0. The van der Waals surface area contributed by atoms with Gasteiger partial charge in [0, 0.05) is 0 Å². The molecule has 20 rings (SSSR count). The fourth-order valence-electron chi connectivity index (χ4n) is 25.1. The molecule has 88 heavy (non-hydrogen) atoms. The third kappa shape index (κ3) is 19.0. The van der Waals surface area contributed by atoms with Gasteiger partial charge in [-0.05, 0) is 357 Å². The van der Waals surface area contributed by atoms with Gasteiger partial charge >= 0.3 is 0 Å². The van der Waals surface area contributed by atoms with E-state index in [-0.39, 0.29) is 0 Å². The van der Waals surface area contributed by atoms with Gasteiger partial charge in [0.15, 0.2) is 0 Å². The largest absolute Gasteiger partial charge is 0.0649 e. The Hall–Kier alpha value is 0. The molecule has 0 aromatic carbocycles. The summed E-state index contributed by atoms with van der Waals surface area (Å²) in [7, 11) is 0. The van der Waals surface area contributed by atoms with Gasteiger partial charge in [-0.3, -0.25) is 0 Å². The molecule has 10 bridgehead atoms. The molecule has 0 nitrogen and oxygen atoms in total. The first-order valence-electron chi connectivity index (χ1n) is 41.8. The molecular weight excluding hydrogens is 1060 g/mol. The molecule has 20 aliphatic rings. The quantitative estimate of drug-likeness (QED) is 0.259. The van der Waals surface area contributed by atoms with E-state index < -0.39 is 0 Å². The highest BCUT2D eigenvalue weighted by atomic mass is 14.6. The van der Waals surface area contributed by atoms with E-state index in [2.05, 4.69) is 104 Å². The van der Waals surface area contributed by atoms with Gasteiger partial charge in [0.05, 0.1) is 0 Å². The molecule has 1 unspecified atom stereocenters. The van der Waals surface area contributed by atoms with Crippen LogP contribution in [0.3, 0.4) is 0 Å². The minimum Gasteiger partial charge on any atom is -0.0649 e. The average Bonchev–Trinajstić information content (AvgIpc) is 1.86. The van der Waals surface area contributed by atoms with Crippen LogP contribution in [0.4, 0.5) is 0 Å². The van der Waals surface area contributed by atoms with E-state index in [1.807, 2.05) is 0 Å². The molecule has 0 amide bonds. The fraction of sp³-hybridized carbons (Fsp3) is 1.00. The predicted molar refractivity (Wildman–Crippen MR) is 388 cm³/mol. The highest BCUT2D eigenvalue weighted by Crippen LogP contribution is 2.62. The first-order valence-corrected chi connectivity index (χ1v) is 41.8. The van der Waals surface area contributed by atoms with Gasteiger partial charge in [-0.2, -0.15) is 0 Å². The normalized spacial score (nSPS) is 42.0. The van der Waals surface area contributed by atoms with Crippen LogP contribution >= 0.6 is 0 Å². The summed E-state index contributed by atoms with van der Waals surface area (Å²) in [5.41, 5.74) is 6.11. The van der Waals surface area contributed by atoms with E-state index >= 15 is 0 Å². The second-order valence-corrected chi connectivity index (χ2v) is 40.5. The molecular formula is C88H160. The number of fused-ring (bicyclic) bond motifs is 9. The Labute approximate surface area is 553 Å². The van der Waals surface area contributed by atoms with Crippen LogP contribution < -0.4 is 0 Å². The van der Waals surface area contributed by atoms with Crippen molar-refractivity contribution in [2.24, 2.45) is 132 Å². The van der Waals surface area contributed by atoms with Crippen molar-refractivity contribution >= 4 is 0 Å². The number of hydrogen-bond acceptors (Lipinski definition) is 0. The Morgan fingerprint density at radius 3 is 0.966 bits per heavy atom. The van der Waals surface area contributed by atoms with Crippen LogP contribution in [0.5, 0.6) is 0 Å². The van der Waals surface area contributed by atoms with E-state index in [0.29, 0.717) is 10.8 Å². The second-order valence-electron chi connectivity index (χ2n) is 40.5. The lowest BCUT2D eigenvalue weighted by Gasteiger charge is -2.56. The SMILES string of the molecule is CC1C2CCC(CC2)[C@H]1C.CC1CCC2(CC1)CCC(C)(C)CC2.CC1CCC2(CCCC2)CC1.CC1CCC2(CCCCC2)CC1.CCC1(C)CCCC1.CCC12CC3CC(CC(C3)C1)C2.C[C@@H]1C2CCC(CC2)C1(C)C.C[C@H]1CC2CCC1(C)CC2. The van der Waals surface area contributed by atoms with Gasteiger partial charge in [0.2, 0.25) is 0 Å². The molecule has 0 saturated heterocycles. The Balaban J connectivity index is 0.000000120. The second kappa shape index (κ2) is 31.5. The number of hydrogen-bond donors (Lipinski definition) is 0. The van der Waals surface area contributed by atoms with Gasteiger partial charge < -0.3 is 0 Å². The first kappa shape index (κ1) is 72.3. The van der Waals surface area contributed by atoms with Gasteiger partial charge in [-0.15, -0.1) is 0 Å². The molecule has 0 heterocycles. The lowest BCUT2D eigenvalue weighted by atomic mass is 9.49. The third-order valence-corrected chi connectivity index (χ3v) is 33.8. The molecule has 0 heteroatoms. The zero-order valence-electron chi connectivity index (χ0n) is 63.0. The molecule has 0 N–H and O–H groups in total. The summed E-state index contributed by atoms with van der Waals surface area (Å²) in [4.78, 5) is 0. The Morgan fingerprint density at radius 2 is 0.670 bits per heavy atom. The maximum absolute atomic E-state index is 2.49. The summed E-state index contributed by atoms with van der Waals surface area (Å²) < 4.78 is 0. The summed E-state index contributed by atoms with van der Waals surface area (Å²) in [5.74, 6) is 16.0. The maximum atomic E-state index is 2.49. The van der Waals surface area contributed by atoms with Crippen LogP contribution in [0.15, 0.2) is 0 Å². The van der Waals surface area contributed by atoms with Gasteiger partial charge in [-0.1, -0.05) is 200 Å². The summed E-state index contributed by atoms with van der Waals surface area (Å²) in [5, 5.41) is 0.